The predicted octanol–water partition coefficient (Wildman–Crippen LogP) is 4.27. The van der Waals surface area contributed by atoms with Crippen molar-refractivity contribution >= 4 is 5.82 Å². The number of nitrogens with one attached hydrogen (secondary N) is 1. The third-order valence-electron chi connectivity index (χ3n) is 4.11. The highest BCUT2D eigenvalue weighted by molar-refractivity contribution is 5.53. The number of aromatic nitrogens is 3. The number of aliphatic hydroxyl groups is 1. The number of alkyl halides is 3. The summed E-state index contributed by atoms with van der Waals surface area (Å²) in [6.07, 6.45) is -3.26. The van der Waals surface area contributed by atoms with Gasteiger partial charge in [-0.05, 0) is 36.2 Å². The Kier molecular flexibility index (Phi) is 5.89. The Hall–Kier alpha value is -3.00. The number of aryl methyl sites for hydroxylation is 1. The molecule has 146 valence electrons. The molecule has 8 heteroatoms. The molecule has 0 saturated carbocycles. The number of halogens is 3. The number of pyridine rings is 1. The molecule has 0 fully saturated rings. The van der Waals surface area contributed by atoms with Crippen LogP contribution in [0.15, 0.2) is 54.7 Å². The van der Waals surface area contributed by atoms with E-state index in [-0.39, 0.29) is 12.1 Å². The van der Waals surface area contributed by atoms with Crippen molar-refractivity contribution in [3.8, 4) is 11.5 Å². The number of anilines is 1. The second-order valence-electron chi connectivity index (χ2n) is 6.16. The van der Waals surface area contributed by atoms with Gasteiger partial charge in [0.25, 0.3) is 0 Å². The van der Waals surface area contributed by atoms with Crippen molar-refractivity contribution in [2.45, 2.75) is 25.6 Å². The lowest BCUT2D eigenvalue weighted by molar-refractivity contribution is -0.137. The fourth-order valence-electron chi connectivity index (χ4n) is 2.62. The SMILES string of the molecule is CCc1cc(NCC(O)c2cccc(C(F)(F)F)c2)nc(-c2ccccn2)n1. The first-order valence-electron chi connectivity index (χ1n) is 8.75. The standard InChI is InChI=1S/C20H19F3N4O/c1-2-15-11-18(27-19(26-15)16-8-3-4-9-24-16)25-12-17(28)13-6-5-7-14(10-13)20(21,22)23/h3-11,17,28H,2,12H2,1H3,(H,25,26,27). The quantitative estimate of drug-likeness (QED) is 0.660. The molecule has 0 saturated heterocycles. The Bertz CT molecular complexity index is 932. The van der Waals surface area contributed by atoms with Gasteiger partial charge >= 0.3 is 6.18 Å². The molecule has 0 amide bonds. The second-order valence-corrected chi connectivity index (χ2v) is 6.16. The van der Waals surface area contributed by atoms with Crippen LogP contribution >= 0.6 is 0 Å². The van der Waals surface area contributed by atoms with Gasteiger partial charge in [0.2, 0.25) is 0 Å². The molecule has 5 nitrogen and oxygen atoms in total. The molecule has 2 N–H and O–H groups in total. The smallest absolute Gasteiger partial charge is 0.387 e. The number of hydrogen-bond acceptors (Lipinski definition) is 5. The van der Waals surface area contributed by atoms with Crippen molar-refractivity contribution in [3.63, 3.8) is 0 Å². The van der Waals surface area contributed by atoms with E-state index in [1.165, 1.54) is 12.1 Å². The van der Waals surface area contributed by atoms with Crippen LogP contribution in [0.4, 0.5) is 19.0 Å². The topological polar surface area (TPSA) is 70.9 Å². The summed E-state index contributed by atoms with van der Waals surface area (Å²) in [5.74, 6) is 0.912. The first-order valence-corrected chi connectivity index (χ1v) is 8.75. The molecular weight excluding hydrogens is 369 g/mol. The Morgan fingerprint density at radius 1 is 1.07 bits per heavy atom. The molecule has 1 atom stereocenters. The molecule has 0 aliphatic rings. The highest BCUT2D eigenvalue weighted by atomic mass is 19.4. The number of benzene rings is 1. The summed E-state index contributed by atoms with van der Waals surface area (Å²) in [7, 11) is 0. The third kappa shape index (κ3) is 4.83. The summed E-state index contributed by atoms with van der Waals surface area (Å²) in [6, 6.07) is 11.8. The maximum Gasteiger partial charge on any atom is 0.416 e. The minimum Gasteiger partial charge on any atom is -0.387 e. The Balaban J connectivity index is 1.77. The predicted molar refractivity (Wildman–Crippen MR) is 99.5 cm³/mol. The van der Waals surface area contributed by atoms with E-state index >= 15 is 0 Å². The van der Waals surface area contributed by atoms with Gasteiger partial charge < -0.3 is 10.4 Å². The molecule has 28 heavy (non-hydrogen) atoms. The number of nitrogens with zero attached hydrogens (tertiary/aromatic N) is 3. The summed E-state index contributed by atoms with van der Waals surface area (Å²) in [6.45, 7) is 1.95. The van der Waals surface area contributed by atoms with Crippen LogP contribution in [0, 0.1) is 0 Å². The molecule has 0 radical (unpaired) electrons. The van der Waals surface area contributed by atoms with E-state index in [1.54, 1.807) is 24.4 Å². The van der Waals surface area contributed by atoms with Crippen LogP contribution in [-0.4, -0.2) is 26.6 Å². The first-order chi connectivity index (χ1) is 13.4. The molecule has 1 aromatic carbocycles. The van der Waals surface area contributed by atoms with Crippen molar-refractivity contribution in [2.24, 2.45) is 0 Å². The zero-order valence-corrected chi connectivity index (χ0v) is 15.1. The zero-order valence-electron chi connectivity index (χ0n) is 15.1. The summed E-state index contributed by atoms with van der Waals surface area (Å²) in [4.78, 5) is 13.1. The fraction of sp³-hybridized carbons (Fsp3) is 0.250. The maximum absolute atomic E-state index is 12.9. The zero-order chi connectivity index (χ0) is 20.1. The van der Waals surface area contributed by atoms with Crippen molar-refractivity contribution in [1.29, 1.82) is 0 Å². The van der Waals surface area contributed by atoms with Gasteiger partial charge in [-0.15, -0.1) is 0 Å². The van der Waals surface area contributed by atoms with E-state index in [1.807, 2.05) is 13.0 Å². The fourth-order valence-corrected chi connectivity index (χ4v) is 2.62. The van der Waals surface area contributed by atoms with E-state index < -0.39 is 17.8 Å². The molecule has 3 rings (SSSR count). The first kappa shape index (κ1) is 19.8. The van der Waals surface area contributed by atoms with E-state index in [9.17, 15) is 18.3 Å². The molecular formula is C20H19F3N4O. The van der Waals surface area contributed by atoms with Crippen LogP contribution in [0.25, 0.3) is 11.5 Å². The van der Waals surface area contributed by atoms with Gasteiger partial charge in [-0.25, -0.2) is 9.97 Å². The van der Waals surface area contributed by atoms with Gasteiger partial charge in [0, 0.05) is 24.5 Å². The van der Waals surface area contributed by atoms with Crippen LogP contribution in [-0.2, 0) is 12.6 Å². The average Bonchev–Trinajstić information content (AvgIpc) is 2.72. The molecule has 0 bridgehead atoms. The summed E-state index contributed by atoms with van der Waals surface area (Å²) >= 11 is 0. The van der Waals surface area contributed by atoms with E-state index in [0.29, 0.717) is 23.8 Å². The van der Waals surface area contributed by atoms with Gasteiger partial charge in [0.05, 0.1) is 11.7 Å². The van der Waals surface area contributed by atoms with E-state index in [4.69, 9.17) is 0 Å². The molecule has 3 aromatic rings. The lowest BCUT2D eigenvalue weighted by Gasteiger charge is -2.15. The summed E-state index contributed by atoms with van der Waals surface area (Å²) in [5, 5.41) is 13.3. The molecule has 0 aliphatic heterocycles. The van der Waals surface area contributed by atoms with Gasteiger partial charge in [-0.2, -0.15) is 13.2 Å². The maximum atomic E-state index is 12.9. The Labute approximate surface area is 160 Å². The van der Waals surface area contributed by atoms with Gasteiger partial charge in [-0.1, -0.05) is 25.1 Å². The minimum absolute atomic E-state index is 0.00311. The van der Waals surface area contributed by atoms with Crippen molar-refractivity contribution in [3.05, 3.63) is 71.5 Å². The lowest BCUT2D eigenvalue weighted by Crippen LogP contribution is -2.15. The number of aliphatic hydroxyl groups excluding tert-OH is 1. The normalized spacial score (nSPS) is 12.6. The third-order valence-corrected chi connectivity index (χ3v) is 4.11. The highest BCUT2D eigenvalue weighted by Crippen LogP contribution is 2.30. The monoisotopic (exact) mass is 388 g/mol. The Morgan fingerprint density at radius 3 is 2.57 bits per heavy atom. The molecule has 2 heterocycles. The summed E-state index contributed by atoms with van der Waals surface area (Å²) < 4.78 is 38.6. The van der Waals surface area contributed by atoms with Gasteiger partial charge in [0.1, 0.15) is 11.5 Å². The van der Waals surface area contributed by atoms with E-state index in [2.05, 4.69) is 20.3 Å². The van der Waals surface area contributed by atoms with Crippen LogP contribution in [0.5, 0.6) is 0 Å². The van der Waals surface area contributed by atoms with Crippen molar-refractivity contribution in [1.82, 2.24) is 15.0 Å². The van der Waals surface area contributed by atoms with Crippen LogP contribution in [0.2, 0.25) is 0 Å². The van der Waals surface area contributed by atoms with Crippen LogP contribution in [0.3, 0.4) is 0 Å². The molecule has 0 aliphatic carbocycles. The highest BCUT2D eigenvalue weighted by Gasteiger charge is 2.30. The molecule has 2 aromatic heterocycles. The minimum atomic E-state index is -4.45. The lowest BCUT2D eigenvalue weighted by atomic mass is 10.1. The number of rotatable bonds is 6. The van der Waals surface area contributed by atoms with Gasteiger partial charge in [-0.3, -0.25) is 4.98 Å². The van der Waals surface area contributed by atoms with Crippen LogP contribution < -0.4 is 5.32 Å². The number of hydrogen-bond donors (Lipinski definition) is 2. The van der Waals surface area contributed by atoms with Crippen molar-refractivity contribution < 1.29 is 18.3 Å². The largest absolute Gasteiger partial charge is 0.416 e. The molecule has 0 spiro atoms. The second kappa shape index (κ2) is 8.35. The molecule has 1 unspecified atom stereocenters. The van der Waals surface area contributed by atoms with Crippen molar-refractivity contribution in [2.75, 3.05) is 11.9 Å². The van der Waals surface area contributed by atoms with Crippen LogP contribution in [0.1, 0.15) is 29.8 Å². The summed E-state index contributed by atoms with van der Waals surface area (Å²) in [5.41, 5.74) is 0.778. The average molecular weight is 388 g/mol. The van der Waals surface area contributed by atoms with Gasteiger partial charge in [0.15, 0.2) is 5.82 Å². The van der Waals surface area contributed by atoms with E-state index in [0.717, 1.165) is 17.8 Å². The Morgan fingerprint density at radius 2 is 1.89 bits per heavy atom.